The summed E-state index contributed by atoms with van der Waals surface area (Å²) >= 11 is 0. The Morgan fingerprint density at radius 3 is 2.20 bits per heavy atom. The van der Waals surface area contributed by atoms with E-state index in [0.29, 0.717) is 6.54 Å². The molecule has 40 heavy (non-hydrogen) atoms. The van der Waals surface area contributed by atoms with Crippen LogP contribution in [0.15, 0.2) is 42.5 Å². The maximum atomic E-state index is 13.2. The van der Waals surface area contributed by atoms with Crippen molar-refractivity contribution >= 4 is 27.7 Å². The number of aryl methyl sites for hydroxylation is 4. The molecule has 0 unspecified atom stereocenters. The highest BCUT2D eigenvalue weighted by atomic mass is 16.5. The van der Waals surface area contributed by atoms with Crippen LogP contribution in [0.3, 0.4) is 0 Å². The van der Waals surface area contributed by atoms with E-state index < -0.39 is 0 Å². The first-order valence-electron chi connectivity index (χ1n) is 15.0. The lowest BCUT2D eigenvalue weighted by Gasteiger charge is -2.17. The van der Waals surface area contributed by atoms with E-state index in [1.165, 1.54) is 44.2 Å². The van der Waals surface area contributed by atoms with Crippen molar-refractivity contribution in [2.75, 3.05) is 20.3 Å². The highest BCUT2D eigenvalue weighted by Gasteiger charge is 2.31. The van der Waals surface area contributed by atoms with Crippen molar-refractivity contribution < 1.29 is 14.6 Å². The number of aromatic nitrogens is 1. The Labute approximate surface area is 242 Å². The highest BCUT2D eigenvalue weighted by Crippen LogP contribution is 2.44. The Kier molecular flexibility index (Phi) is 15.3. The van der Waals surface area contributed by atoms with Crippen LogP contribution in [0.25, 0.3) is 32.9 Å². The van der Waals surface area contributed by atoms with Gasteiger partial charge in [-0.05, 0) is 74.1 Å². The smallest absolute Gasteiger partial charge is 0.252 e. The minimum atomic E-state index is 0.0368. The van der Waals surface area contributed by atoms with Gasteiger partial charge in [0, 0.05) is 49.7 Å². The Morgan fingerprint density at radius 2 is 1.57 bits per heavy atom. The van der Waals surface area contributed by atoms with E-state index in [-0.39, 0.29) is 5.91 Å². The molecule has 0 atom stereocenters. The van der Waals surface area contributed by atoms with Gasteiger partial charge in [-0.15, -0.1) is 0 Å². The van der Waals surface area contributed by atoms with Crippen LogP contribution in [0.5, 0.6) is 0 Å². The van der Waals surface area contributed by atoms with Crippen molar-refractivity contribution in [1.82, 2.24) is 9.88 Å². The molecular formula is C35H52N2O3. The fourth-order valence-electron chi connectivity index (χ4n) is 5.34. The van der Waals surface area contributed by atoms with Gasteiger partial charge >= 0.3 is 0 Å². The molecule has 2 heterocycles. The van der Waals surface area contributed by atoms with Crippen LogP contribution in [0.4, 0.5) is 0 Å². The summed E-state index contributed by atoms with van der Waals surface area (Å²) in [5.41, 5.74) is 10.4. The van der Waals surface area contributed by atoms with Gasteiger partial charge in [0.25, 0.3) is 5.91 Å². The van der Waals surface area contributed by atoms with Gasteiger partial charge in [0.15, 0.2) is 0 Å². The lowest BCUT2D eigenvalue weighted by atomic mass is 9.87. The first kappa shape index (κ1) is 34.9. The van der Waals surface area contributed by atoms with E-state index in [1.54, 1.807) is 0 Å². The molecule has 1 aliphatic rings. The first-order chi connectivity index (χ1) is 19.5. The molecule has 5 rings (SSSR count). The number of hydrogen-bond donors (Lipinski definition) is 2. The number of carbonyl (C=O) groups is 1. The number of fused-ring (bicyclic) bond motifs is 5. The third-order valence-electron chi connectivity index (χ3n) is 6.74. The molecule has 0 spiro atoms. The molecule has 1 amide bonds. The Bertz CT molecular complexity index is 1370. The van der Waals surface area contributed by atoms with Crippen LogP contribution in [0.2, 0.25) is 0 Å². The second-order valence-electron chi connectivity index (χ2n) is 8.80. The fourth-order valence-corrected chi connectivity index (χ4v) is 5.34. The average Bonchev–Trinajstić information content (AvgIpc) is 3.53. The number of carbonyl (C=O) groups excluding carboxylic acids is 1. The molecule has 0 fully saturated rings. The topological polar surface area (TPSA) is 63.5 Å². The molecule has 5 heteroatoms. The predicted molar refractivity (Wildman–Crippen MR) is 174 cm³/mol. The van der Waals surface area contributed by atoms with E-state index in [4.69, 9.17) is 9.84 Å². The standard InChI is InChI=1S/C28H30N2O2.3C2H6.CH4O/c1-5-32-14-8-13-30-23-12-11-17(2)15-21(23)25-26-22(16-29-28(26)31)24(19(4)27(25)30)20-10-7-6-9-18(20)3;4*1-2/h6-7,9-12,15H,5,8,13-14,16H2,1-4H3,(H,29,31);3*1-2H3;2H,1H3. The number of aliphatic hydroxyl groups is 1. The van der Waals surface area contributed by atoms with Crippen LogP contribution in [0.1, 0.15) is 87.5 Å². The molecule has 220 valence electrons. The summed E-state index contributed by atoms with van der Waals surface area (Å²) < 4.78 is 8.04. The normalized spacial score (nSPS) is 11.2. The minimum absolute atomic E-state index is 0.0368. The molecule has 0 radical (unpaired) electrons. The number of aliphatic hydroxyl groups excluding tert-OH is 1. The second kappa shape index (κ2) is 17.5. The summed E-state index contributed by atoms with van der Waals surface area (Å²) in [5, 5.41) is 12.4. The Morgan fingerprint density at radius 1 is 0.925 bits per heavy atom. The number of ether oxygens (including phenoxy) is 1. The highest BCUT2D eigenvalue weighted by molar-refractivity contribution is 6.22. The molecule has 1 aliphatic heterocycles. The van der Waals surface area contributed by atoms with E-state index in [1.807, 2.05) is 48.5 Å². The van der Waals surface area contributed by atoms with Gasteiger partial charge < -0.3 is 19.7 Å². The maximum absolute atomic E-state index is 13.2. The summed E-state index contributed by atoms with van der Waals surface area (Å²) in [6, 6.07) is 15.1. The Hall–Kier alpha value is -3.15. The van der Waals surface area contributed by atoms with Gasteiger partial charge in [0.05, 0.1) is 11.1 Å². The third kappa shape index (κ3) is 6.94. The van der Waals surface area contributed by atoms with Crippen LogP contribution < -0.4 is 5.32 Å². The molecule has 0 saturated heterocycles. The average molecular weight is 549 g/mol. The second-order valence-corrected chi connectivity index (χ2v) is 8.80. The van der Waals surface area contributed by atoms with Gasteiger partial charge in [-0.2, -0.15) is 0 Å². The third-order valence-corrected chi connectivity index (χ3v) is 6.74. The molecule has 3 aromatic carbocycles. The monoisotopic (exact) mass is 548 g/mol. The molecule has 4 aromatic rings. The zero-order chi connectivity index (χ0) is 30.4. The number of amides is 1. The summed E-state index contributed by atoms with van der Waals surface area (Å²) in [6.07, 6.45) is 0.934. The molecule has 1 aromatic heterocycles. The number of hydrogen-bond acceptors (Lipinski definition) is 3. The number of rotatable bonds is 6. The molecule has 0 aliphatic carbocycles. The van der Waals surface area contributed by atoms with Gasteiger partial charge in [0.2, 0.25) is 0 Å². The summed E-state index contributed by atoms with van der Waals surface area (Å²) in [5.74, 6) is 0.0368. The van der Waals surface area contributed by atoms with E-state index in [9.17, 15) is 4.79 Å². The summed E-state index contributed by atoms with van der Waals surface area (Å²) in [4.78, 5) is 13.2. The zero-order valence-electron chi connectivity index (χ0n) is 26.8. The van der Waals surface area contributed by atoms with E-state index in [0.717, 1.165) is 49.8 Å². The van der Waals surface area contributed by atoms with Gasteiger partial charge in [-0.3, -0.25) is 4.79 Å². The Balaban J connectivity index is 0.000000921. The van der Waals surface area contributed by atoms with Crippen molar-refractivity contribution in [1.29, 1.82) is 0 Å². The zero-order valence-corrected chi connectivity index (χ0v) is 26.8. The minimum Gasteiger partial charge on any atom is -0.400 e. The van der Waals surface area contributed by atoms with Crippen molar-refractivity contribution in [2.24, 2.45) is 0 Å². The summed E-state index contributed by atoms with van der Waals surface area (Å²) in [6.45, 7) is 23.4. The lowest BCUT2D eigenvalue weighted by molar-refractivity contribution is 0.0967. The van der Waals surface area contributed by atoms with Crippen LogP contribution in [-0.2, 0) is 17.8 Å². The van der Waals surface area contributed by atoms with Crippen molar-refractivity contribution in [3.05, 3.63) is 70.3 Å². The number of nitrogens with one attached hydrogen (secondary N) is 1. The van der Waals surface area contributed by atoms with Crippen LogP contribution >= 0.6 is 0 Å². The summed E-state index contributed by atoms with van der Waals surface area (Å²) in [7, 11) is 1.00. The maximum Gasteiger partial charge on any atom is 0.252 e. The van der Waals surface area contributed by atoms with Crippen molar-refractivity contribution in [3.63, 3.8) is 0 Å². The molecule has 0 saturated carbocycles. The van der Waals surface area contributed by atoms with Gasteiger partial charge in [0.1, 0.15) is 0 Å². The van der Waals surface area contributed by atoms with E-state index in [2.05, 4.69) is 73.1 Å². The molecular weight excluding hydrogens is 496 g/mol. The number of benzene rings is 3. The SMILES string of the molecule is CC.CC.CC.CCOCCCn1c2ccc(C)cc2c2c3c(c(-c4ccccc4C)c(C)c21)CNC3=O.CO. The van der Waals surface area contributed by atoms with Gasteiger partial charge in [-0.25, -0.2) is 0 Å². The van der Waals surface area contributed by atoms with Crippen molar-refractivity contribution in [3.8, 4) is 11.1 Å². The fraction of sp³-hybridized carbons (Fsp3) is 0.457. The number of nitrogens with zero attached hydrogens (tertiary/aromatic N) is 1. The van der Waals surface area contributed by atoms with Crippen LogP contribution in [0, 0.1) is 20.8 Å². The van der Waals surface area contributed by atoms with E-state index >= 15 is 0 Å². The quantitative estimate of drug-likeness (QED) is 0.237. The first-order valence-corrected chi connectivity index (χ1v) is 15.0. The van der Waals surface area contributed by atoms with Crippen LogP contribution in [-0.4, -0.2) is 35.9 Å². The molecule has 0 bridgehead atoms. The lowest BCUT2D eigenvalue weighted by Crippen LogP contribution is -2.12. The molecule has 2 N–H and O–H groups in total. The van der Waals surface area contributed by atoms with Gasteiger partial charge in [-0.1, -0.05) is 77.4 Å². The van der Waals surface area contributed by atoms with Crippen molar-refractivity contribution in [2.45, 2.75) is 88.7 Å². The molecule has 5 nitrogen and oxygen atoms in total. The largest absolute Gasteiger partial charge is 0.400 e. The predicted octanol–water partition coefficient (Wildman–Crippen LogP) is 8.74.